The van der Waals surface area contributed by atoms with Gasteiger partial charge in [0, 0.05) is 25.3 Å². The Balaban J connectivity index is 3.29. The standard InChI is InChI=1S/C13H23N3O3S/c1-3-11(4-2)16(8-9-17)20(18,19)13-6-5-7-15-12(13)10-14/h5-7,11,17H,3-4,8-10,14H2,1-2H3. The fourth-order valence-electron chi connectivity index (χ4n) is 2.23. The fourth-order valence-corrected chi connectivity index (χ4v) is 4.18. The molecule has 0 unspecified atom stereocenters. The molecule has 6 nitrogen and oxygen atoms in total. The van der Waals surface area contributed by atoms with E-state index in [4.69, 9.17) is 10.8 Å². The minimum Gasteiger partial charge on any atom is -0.395 e. The van der Waals surface area contributed by atoms with Crippen molar-refractivity contribution in [3.05, 3.63) is 24.0 Å². The van der Waals surface area contributed by atoms with Crippen molar-refractivity contribution in [2.45, 2.75) is 44.2 Å². The van der Waals surface area contributed by atoms with Crippen LogP contribution in [0.4, 0.5) is 0 Å². The minimum atomic E-state index is -3.70. The normalized spacial score (nSPS) is 12.3. The minimum absolute atomic E-state index is 0.0608. The molecule has 114 valence electrons. The number of sulfonamides is 1. The van der Waals surface area contributed by atoms with Crippen LogP contribution in [0, 0.1) is 0 Å². The Kier molecular flexibility index (Phi) is 6.54. The van der Waals surface area contributed by atoms with Gasteiger partial charge in [0.15, 0.2) is 0 Å². The summed E-state index contributed by atoms with van der Waals surface area (Å²) in [6.45, 7) is 3.79. The highest BCUT2D eigenvalue weighted by Gasteiger charge is 2.31. The van der Waals surface area contributed by atoms with Crippen LogP contribution in [0.5, 0.6) is 0 Å². The van der Waals surface area contributed by atoms with E-state index in [-0.39, 0.29) is 30.6 Å². The number of rotatable bonds is 8. The smallest absolute Gasteiger partial charge is 0.245 e. The zero-order valence-electron chi connectivity index (χ0n) is 12.0. The third-order valence-electron chi connectivity index (χ3n) is 3.30. The lowest BCUT2D eigenvalue weighted by Crippen LogP contribution is -2.42. The Bertz CT molecular complexity index is 515. The number of aliphatic hydroxyl groups is 1. The van der Waals surface area contributed by atoms with Crippen LogP contribution < -0.4 is 5.73 Å². The zero-order chi connectivity index (χ0) is 15.2. The van der Waals surface area contributed by atoms with E-state index in [0.717, 1.165) is 0 Å². The Hall–Kier alpha value is -1.02. The van der Waals surface area contributed by atoms with Gasteiger partial charge in [0.2, 0.25) is 10.0 Å². The van der Waals surface area contributed by atoms with E-state index < -0.39 is 10.0 Å². The second kappa shape index (κ2) is 7.68. The largest absolute Gasteiger partial charge is 0.395 e. The van der Waals surface area contributed by atoms with Gasteiger partial charge in [-0.1, -0.05) is 13.8 Å². The highest BCUT2D eigenvalue weighted by Crippen LogP contribution is 2.22. The molecule has 1 aromatic heterocycles. The van der Waals surface area contributed by atoms with Gasteiger partial charge in [-0.25, -0.2) is 8.42 Å². The molecule has 1 aromatic rings. The maximum atomic E-state index is 12.8. The molecule has 1 heterocycles. The van der Waals surface area contributed by atoms with Gasteiger partial charge in [0.25, 0.3) is 0 Å². The Morgan fingerprint density at radius 2 is 2.05 bits per heavy atom. The van der Waals surface area contributed by atoms with Crippen LogP contribution in [-0.2, 0) is 16.6 Å². The number of hydrogen-bond donors (Lipinski definition) is 2. The lowest BCUT2D eigenvalue weighted by Gasteiger charge is -2.29. The molecule has 0 bridgehead atoms. The average molecular weight is 301 g/mol. The second-order valence-corrected chi connectivity index (χ2v) is 6.32. The van der Waals surface area contributed by atoms with Crippen LogP contribution in [0.15, 0.2) is 23.2 Å². The van der Waals surface area contributed by atoms with Gasteiger partial charge in [0.1, 0.15) is 4.90 Å². The van der Waals surface area contributed by atoms with E-state index in [1.807, 2.05) is 13.8 Å². The van der Waals surface area contributed by atoms with E-state index in [9.17, 15) is 8.42 Å². The number of nitrogens with zero attached hydrogens (tertiary/aromatic N) is 2. The van der Waals surface area contributed by atoms with Gasteiger partial charge in [-0.15, -0.1) is 0 Å². The van der Waals surface area contributed by atoms with Gasteiger partial charge in [0.05, 0.1) is 12.3 Å². The predicted octanol–water partition coefficient (Wildman–Crippen LogP) is 0.712. The summed E-state index contributed by atoms with van der Waals surface area (Å²) in [6, 6.07) is 2.95. The Morgan fingerprint density at radius 1 is 1.40 bits per heavy atom. The van der Waals surface area contributed by atoms with Crippen LogP contribution in [0.25, 0.3) is 0 Å². The third-order valence-corrected chi connectivity index (χ3v) is 5.32. The summed E-state index contributed by atoms with van der Waals surface area (Å²) in [5.41, 5.74) is 5.92. The first-order chi connectivity index (χ1) is 9.52. The summed E-state index contributed by atoms with van der Waals surface area (Å²) in [6.07, 6.45) is 2.90. The summed E-state index contributed by atoms with van der Waals surface area (Å²) in [7, 11) is -3.70. The third kappa shape index (κ3) is 3.54. The molecular weight excluding hydrogens is 278 g/mol. The van der Waals surface area contributed by atoms with Crippen molar-refractivity contribution in [1.29, 1.82) is 0 Å². The molecule has 20 heavy (non-hydrogen) atoms. The first-order valence-corrected chi connectivity index (χ1v) is 8.23. The number of hydrogen-bond acceptors (Lipinski definition) is 5. The van der Waals surface area contributed by atoms with Gasteiger partial charge < -0.3 is 10.8 Å². The SMILES string of the molecule is CCC(CC)N(CCO)S(=O)(=O)c1cccnc1CN. The molecule has 0 radical (unpaired) electrons. The van der Waals surface area contributed by atoms with Crippen LogP contribution >= 0.6 is 0 Å². The predicted molar refractivity (Wildman–Crippen MR) is 77.5 cm³/mol. The van der Waals surface area contributed by atoms with Crippen LogP contribution in [0.1, 0.15) is 32.4 Å². The second-order valence-electron chi connectivity index (χ2n) is 4.46. The molecule has 0 aliphatic carbocycles. The van der Waals surface area contributed by atoms with E-state index in [2.05, 4.69) is 4.98 Å². The molecule has 0 amide bonds. The molecule has 3 N–H and O–H groups in total. The van der Waals surface area contributed by atoms with Crippen molar-refractivity contribution in [1.82, 2.24) is 9.29 Å². The molecule has 0 saturated carbocycles. The highest BCUT2D eigenvalue weighted by atomic mass is 32.2. The number of aliphatic hydroxyl groups excluding tert-OH is 1. The van der Waals surface area contributed by atoms with Gasteiger partial charge in [-0.2, -0.15) is 4.31 Å². The quantitative estimate of drug-likeness (QED) is 0.737. The zero-order valence-corrected chi connectivity index (χ0v) is 12.8. The van der Waals surface area contributed by atoms with Crippen molar-refractivity contribution in [2.75, 3.05) is 13.2 Å². The average Bonchev–Trinajstić information content (AvgIpc) is 2.47. The van der Waals surface area contributed by atoms with Crippen molar-refractivity contribution >= 4 is 10.0 Å². The van der Waals surface area contributed by atoms with Gasteiger partial charge in [-0.05, 0) is 25.0 Å². The topological polar surface area (TPSA) is 96.5 Å². The van der Waals surface area contributed by atoms with Crippen molar-refractivity contribution in [3.63, 3.8) is 0 Å². The first-order valence-electron chi connectivity index (χ1n) is 6.79. The van der Waals surface area contributed by atoms with Crippen molar-refractivity contribution < 1.29 is 13.5 Å². The molecule has 0 saturated heterocycles. The van der Waals surface area contributed by atoms with Crippen LogP contribution in [0.2, 0.25) is 0 Å². The van der Waals surface area contributed by atoms with E-state index >= 15 is 0 Å². The molecular formula is C13H23N3O3S. The van der Waals surface area contributed by atoms with E-state index in [1.54, 1.807) is 6.07 Å². The monoisotopic (exact) mass is 301 g/mol. The number of nitrogens with two attached hydrogens (primary N) is 1. The maximum Gasteiger partial charge on any atom is 0.245 e. The Labute approximate surface area is 120 Å². The van der Waals surface area contributed by atoms with Crippen molar-refractivity contribution in [2.24, 2.45) is 5.73 Å². The summed E-state index contributed by atoms with van der Waals surface area (Å²) < 4.78 is 26.9. The van der Waals surface area contributed by atoms with Gasteiger partial charge in [-0.3, -0.25) is 4.98 Å². The lowest BCUT2D eigenvalue weighted by molar-refractivity contribution is 0.219. The molecule has 0 atom stereocenters. The summed E-state index contributed by atoms with van der Waals surface area (Å²) in [4.78, 5) is 4.15. The lowest BCUT2D eigenvalue weighted by atomic mass is 10.2. The van der Waals surface area contributed by atoms with Gasteiger partial charge >= 0.3 is 0 Å². The molecule has 0 aromatic carbocycles. The molecule has 0 spiro atoms. The number of aromatic nitrogens is 1. The maximum absolute atomic E-state index is 12.8. The molecule has 0 fully saturated rings. The first kappa shape index (κ1) is 17.0. The molecule has 1 rings (SSSR count). The summed E-state index contributed by atoms with van der Waals surface area (Å²) in [5, 5.41) is 9.17. The molecule has 7 heteroatoms. The number of pyridine rings is 1. The molecule has 0 aliphatic heterocycles. The highest BCUT2D eigenvalue weighted by molar-refractivity contribution is 7.89. The Morgan fingerprint density at radius 3 is 2.55 bits per heavy atom. The summed E-state index contributed by atoms with van der Waals surface area (Å²) in [5.74, 6) is 0. The van der Waals surface area contributed by atoms with Crippen LogP contribution in [0.3, 0.4) is 0 Å². The van der Waals surface area contributed by atoms with E-state index in [1.165, 1.54) is 16.6 Å². The fraction of sp³-hybridized carbons (Fsp3) is 0.615. The van der Waals surface area contributed by atoms with E-state index in [0.29, 0.717) is 18.5 Å². The molecule has 0 aliphatic rings. The van der Waals surface area contributed by atoms with Crippen molar-refractivity contribution in [3.8, 4) is 0 Å². The van der Waals surface area contributed by atoms with Crippen LogP contribution in [-0.4, -0.2) is 42.0 Å². The summed E-state index contributed by atoms with van der Waals surface area (Å²) >= 11 is 0.